The van der Waals surface area contributed by atoms with Crippen molar-refractivity contribution in [2.45, 2.75) is 13.8 Å². The van der Waals surface area contributed by atoms with Gasteiger partial charge in [-0.25, -0.2) is 4.98 Å². The molecule has 0 saturated heterocycles. The fourth-order valence-corrected chi connectivity index (χ4v) is 3.72. The lowest BCUT2D eigenvalue weighted by atomic mass is 10.0. The van der Waals surface area contributed by atoms with Gasteiger partial charge in [0, 0.05) is 16.8 Å². The fourth-order valence-electron chi connectivity index (χ4n) is 3.72. The first-order valence-corrected chi connectivity index (χ1v) is 9.67. The summed E-state index contributed by atoms with van der Waals surface area (Å²) in [7, 11) is 0. The van der Waals surface area contributed by atoms with Gasteiger partial charge in [-0.3, -0.25) is 9.20 Å². The highest BCUT2D eigenvalue weighted by molar-refractivity contribution is 6.10. The van der Waals surface area contributed by atoms with Crippen LogP contribution in [0.5, 0.6) is 0 Å². The molecule has 30 heavy (non-hydrogen) atoms. The van der Waals surface area contributed by atoms with E-state index in [0.717, 1.165) is 16.7 Å². The maximum absolute atomic E-state index is 12.9. The number of hydrogen-bond acceptors (Lipinski definition) is 5. The first-order valence-electron chi connectivity index (χ1n) is 9.67. The number of rotatable bonds is 4. The Bertz CT molecular complexity index is 1390. The highest BCUT2D eigenvalue weighted by Gasteiger charge is 2.14. The van der Waals surface area contributed by atoms with Crippen molar-refractivity contribution in [1.29, 1.82) is 0 Å². The monoisotopic (exact) mass is 393 g/mol. The summed E-state index contributed by atoms with van der Waals surface area (Å²) in [5, 5.41) is 11.7. The SMILES string of the molecule is Cc1cc(C)cc(Nc2nc3ccc(C(=O)c4ccccc4)cc3n3cnnc23)c1. The van der Waals surface area contributed by atoms with E-state index in [-0.39, 0.29) is 5.78 Å². The molecule has 5 rings (SSSR count). The van der Waals surface area contributed by atoms with Crippen LogP contribution in [0.2, 0.25) is 0 Å². The lowest BCUT2D eigenvalue weighted by Crippen LogP contribution is -2.04. The van der Waals surface area contributed by atoms with Crippen LogP contribution in [0, 0.1) is 13.8 Å². The molecule has 0 atom stereocenters. The molecule has 0 spiro atoms. The molecule has 2 aromatic heterocycles. The van der Waals surface area contributed by atoms with E-state index in [0.29, 0.717) is 22.6 Å². The van der Waals surface area contributed by atoms with Gasteiger partial charge in [0.15, 0.2) is 11.6 Å². The zero-order valence-corrected chi connectivity index (χ0v) is 16.6. The summed E-state index contributed by atoms with van der Waals surface area (Å²) >= 11 is 0. The standard InChI is InChI=1S/C24H19N5O/c1-15-10-16(2)12-19(11-15)26-23-24-28-25-14-29(24)21-13-18(8-9-20(21)27-23)22(30)17-6-4-3-5-7-17/h3-14H,1-2H3,(H,26,27). The predicted octanol–water partition coefficient (Wildman–Crippen LogP) is 4.87. The van der Waals surface area contributed by atoms with E-state index < -0.39 is 0 Å². The Hall–Kier alpha value is -4.06. The zero-order valence-electron chi connectivity index (χ0n) is 16.6. The zero-order chi connectivity index (χ0) is 20.7. The van der Waals surface area contributed by atoms with Crippen LogP contribution in [0.1, 0.15) is 27.0 Å². The third-order valence-corrected chi connectivity index (χ3v) is 5.01. The average molecular weight is 393 g/mol. The van der Waals surface area contributed by atoms with Crippen LogP contribution in [0.3, 0.4) is 0 Å². The van der Waals surface area contributed by atoms with E-state index >= 15 is 0 Å². The van der Waals surface area contributed by atoms with Gasteiger partial charge in [0.25, 0.3) is 0 Å². The second-order valence-corrected chi connectivity index (χ2v) is 7.38. The second kappa shape index (κ2) is 7.08. The lowest BCUT2D eigenvalue weighted by Gasteiger charge is -2.11. The van der Waals surface area contributed by atoms with Gasteiger partial charge in [-0.15, -0.1) is 10.2 Å². The van der Waals surface area contributed by atoms with Crippen molar-refractivity contribution in [2.24, 2.45) is 0 Å². The predicted molar refractivity (Wildman–Crippen MR) is 117 cm³/mol. The van der Waals surface area contributed by atoms with Crippen LogP contribution in [0.25, 0.3) is 16.7 Å². The number of fused-ring (bicyclic) bond motifs is 3. The summed E-state index contributed by atoms with van der Waals surface area (Å²) in [4.78, 5) is 17.6. The van der Waals surface area contributed by atoms with Crippen molar-refractivity contribution in [1.82, 2.24) is 19.6 Å². The Morgan fingerprint density at radius 1 is 0.900 bits per heavy atom. The number of carbonyl (C=O) groups excluding carboxylic acids is 1. The van der Waals surface area contributed by atoms with Gasteiger partial charge in [0.1, 0.15) is 6.33 Å². The van der Waals surface area contributed by atoms with Crippen LogP contribution in [0.4, 0.5) is 11.5 Å². The average Bonchev–Trinajstić information content (AvgIpc) is 3.24. The molecule has 0 aliphatic carbocycles. The highest BCUT2D eigenvalue weighted by atomic mass is 16.1. The Balaban J connectivity index is 1.61. The number of ketones is 1. The number of benzene rings is 3. The molecule has 0 aliphatic rings. The molecule has 0 bridgehead atoms. The van der Waals surface area contributed by atoms with E-state index in [1.54, 1.807) is 12.4 Å². The smallest absolute Gasteiger partial charge is 0.204 e. The summed E-state index contributed by atoms with van der Waals surface area (Å²) in [6, 6.07) is 21.0. The van der Waals surface area contributed by atoms with E-state index in [1.807, 2.05) is 46.9 Å². The third kappa shape index (κ3) is 3.18. The minimum absolute atomic E-state index is 0.0313. The van der Waals surface area contributed by atoms with Crippen molar-refractivity contribution in [3.05, 3.63) is 95.3 Å². The van der Waals surface area contributed by atoms with Crippen molar-refractivity contribution >= 4 is 34.0 Å². The summed E-state index contributed by atoms with van der Waals surface area (Å²) in [5.41, 5.74) is 6.66. The number of anilines is 2. The van der Waals surface area contributed by atoms with Crippen molar-refractivity contribution in [2.75, 3.05) is 5.32 Å². The molecular formula is C24H19N5O. The Kier molecular flexibility index (Phi) is 4.25. The fraction of sp³-hybridized carbons (Fsp3) is 0.0833. The number of nitrogens with one attached hydrogen (secondary N) is 1. The maximum atomic E-state index is 12.9. The molecule has 0 saturated carbocycles. The Labute approximate surface area is 173 Å². The molecule has 3 aromatic carbocycles. The van der Waals surface area contributed by atoms with Gasteiger partial charge < -0.3 is 5.32 Å². The van der Waals surface area contributed by atoms with Gasteiger partial charge in [-0.05, 0) is 55.3 Å². The first kappa shape index (κ1) is 18.0. The van der Waals surface area contributed by atoms with Gasteiger partial charge in [0.2, 0.25) is 5.65 Å². The molecule has 5 aromatic rings. The normalized spacial score (nSPS) is 11.1. The lowest BCUT2D eigenvalue weighted by molar-refractivity contribution is 0.103. The van der Waals surface area contributed by atoms with Crippen LogP contribution in [-0.2, 0) is 0 Å². The van der Waals surface area contributed by atoms with E-state index in [9.17, 15) is 4.79 Å². The minimum atomic E-state index is -0.0313. The molecule has 6 heteroatoms. The summed E-state index contributed by atoms with van der Waals surface area (Å²) in [6.07, 6.45) is 1.64. The van der Waals surface area contributed by atoms with Gasteiger partial charge in [0.05, 0.1) is 11.0 Å². The summed E-state index contributed by atoms with van der Waals surface area (Å²) in [5.74, 6) is 0.586. The molecule has 0 amide bonds. The van der Waals surface area contributed by atoms with Crippen LogP contribution >= 0.6 is 0 Å². The van der Waals surface area contributed by atoms with Gasteiger partial charge in [-0.1, -0.05) is 36.4 Å². The molecule has 6 nitrogen and oxygen atoms in total. The molecule has 146 valence electrons. The molecule has 0 aliphatic heterocycles. The molecule has 1 N–H and O–H groups in total. The quantitative estimate of drug-likeness (QED) is 0.441. The van der Waals surface area contributed by atoms with Crippen molar-refractivity contribution in [3.8, 4) is 0 Å². The largest absolute Gasteiger partial charge is 0.337 e. The van der Waals surface area contributed by atoms with Crippen LogP contribution in [-0.4, -0.2) is 25.4 Å². The number of aromatic nitrogens is 4. The Morgan fingerprint density at radius 3 is 2.43 bits per heavy atom. The molecule has 0 fully saturated rings. The highest BCUT2D eigenvalue weighted by Crippen LogP contribution is 2.25. The second-order valence-electron chi connectivity index (χ2n) is 7.38. The third-order valence-electron chi connectivity index (χ3n) is 5.01. The van der Waals surface area contributed by atoms with E-state index in [1.165, 1.54) is 11.1 Å². The number of hydrogen-bond donors (Lipinski definition) is 1. The first-order chi connectivity index (χ1) is 14.6. The molecule has 2 heterocycles. The number of carbonyl (C=O) groups is 1. The Morgan fingerprint density at radius 2 is 1.67 bits per heavy atom. The molecule has 0 radical (unpaired) electrons. The number of nitrogens with zero attached hydrogens (tertiary/aromatic N) is 4. The van der Waals surface area contributed by atoms with Crippen LogP contribution < -0.4 is 5.32 Å². The van der Waals surface area contributed by atoms with Crippen molar-refractivity contribution < 1.29 is 4.79 Å². The summed E-state index contributed by atoms with van der Waals surface area (Å²) in [6.45, 7) is 4.12. The van der Waals surface area contributed by atoms with Crippen LogP contribution in [0.15, 0.2) is 73.1 Å². The minimum Gasteiger partial charge on any atom is -0.337 e. The van der Waals surface area contributed by atoms with E-state index in [4.69, 9.17) is 4.98 Å². The molecular weight excluding hydrogens is 374 g/mol. The topological polar surface area (TPSA) is 72.2 Å². The maximum Gasteiger partial charge on any atom is 0.204 e. The van der Waals surface area contributed by atoms with E-state index in [2.05, 4.69) is 47.6 Å². The summed E-state index contributed by atoms with van der Waals surface area (Å²) < 4.78 is 1.86. The molecule has 0 unspecified atom stereocenters. The number of aryl methyl sites for hydroxylation is 2. The van der Waals surface area contributed by atoms with Crippen molar-refractivity contribution in [3.63, 3.8) is 0 Å². The van der Waals surface area contributed by atoms with Gasteiger partial charge >= 0.3 is 0 Å². The van der Waals surface area contributed by atoms with Gasteiger partial charge in [-0.2, -0.15) is 0 Å².